The second-order valence-corrected chi connectivity index (χ2v) is 15.6. The lowest BCUT2D eigenvalue weighted by atomic mass is 10.0. The van der Waals surface area contributed by atoms with Crippen molar-refractivity contribution in [2.45, 2.75) is 127 Å². The van der Waals surface area contributed by atoms with Crippen LogP contribution < -0.4 is 72.0 Å². The number of aliphatic carboxylic acids is 1. The molecule has 7 atom stereocenters. The van der Waals surface area contributed by atoms with E-state index in [1.807, 2.05) is 0 Å². The number of benzene rings is 1. The summed E-state index contributed by atoms with van der Waals surface area (Å²) in [5.74, 6) is -7.78. The van der Waals surface area contributed by atoms with E-state index in [-0.39, 0.29) is 76.6 Å². The first-order chi connectivity index (χ1) is 30.8. The molecule has 0 unspecified atom stereocenters. The number of nitrogens with one attached hydrogen (secondary N) is 6. The van der Waals surface area contributed by atoms with Crippen LogP contribution in [-0.4, -0.2) is 127 Å². The molecule has 0 radical (unpaired) electrons. The Morgan fingerprint density at radius 2 is 0.923 bits per heavy atom. The van der Waals surface area contributed by atoms with Crippen molar-refractivity contribution in [3.05, 3.63) is 35.9 Å². The Hall–Kier alpha value is -6.56. The molecular formula is C41H71N15O9. The fraction of sp³-hybridized carbons (Fsp3) is 0.610. The lowest BCUT2D eigenvalue weighted by Crippen LogP contribution is -2.59. The molecule has 1 aromatic carbocycles. The summed E-state index contributed by atoms with van der Waals surface area (Å²) < 4.78 is 0. The fourth-order valence-corrected chi connectivity index (χ4v) is 6.31. The third-order valence-corrected chi connectivity index (χ3v) is 9.94. The third kappa shape index (κ3) is 24.2. The third-order valence-electron chi connectivity index (χ3n) is 9.94. The average molecular weight is 918 g/mol. The van der Waals surface area contributed by atoms with Crippen LogP contribution in [0.3, 0.4) is 0 Å². The van der Waals surface area contributed by atoms with Crippen molar-refractivity contribution in [1.82, 2.24) is 31.9 Å². The van der Waals surface area contributed by atoms with Crippen molar-refractivity contribution in [3.63, 3.8) is 0 Å². The molecular weight excluding hydrogens is 847 g/mol. The van der Waals surface area contributed by atoms with Gasteiger partial charge in [0.15, 0.2) is 11.9 Å². The molecule has 24 nitrogen and oxygen atoms in total. The van der Waals surface area contributed by atoms with E-state index in [1.165, 1.54) is 13.8 Å². The SMILES string of the molecule is C[C@H](NC(=O)[C@H](CCCCN)NC(=O)[C@H](CCCN=C(N)N)NC(=O)[C@H](CCCCN)NC(=O)[C@H](Cc1ccccc1)NC(=O)[C@@H](C)CC(=O)O)C(=O)N[C@@H](CCCN=C(N)N)C(N)=O. The van der Waals surface area contributed by atoms with Gasteiger partial charge in [-0.05, 0) is 89.8 Å². The molecule has 0 aliphatic heterocycles. The first kappa shape index (κ1) is 56.5. The van der Waals surface area contributed by atoms with Crippen LogP contribution in [-0.2, 0) is 44.8 Å². The molecule has 0 aliphatic carbocycles. The summed E-state index contributed by atoms with van der Waals surface area (Å²) in [7, 11) is 0. The van der Waals surface area contributed by atoms with Crippen molar-refractivity contribution in [1.29, 1.82) is 0 Å². The van der Waals surface area contributed by atoms with E-state index in [1.54, 1.807) is 30.3 Å². The first-order valence-electron chi connectivity index (χ1n) is 21.7. The Labute approximate surface area is 379 Å². The maximum Gasteiger partial charge on any atom is 0.304 e. The number of carboxylic acid groups (broad SMARTS) is 1. The fourth-order valence-electron chi connectivity index (χ4n) is 6.31. The molecule has 21 N–H and O–H groups in total. The van der Waals surface area contributed by atoms with Gasteiger partial charge in [0, 0.05) is 25.4 Å². The molecule has 0 bridgehead atoms. The first-order valence-corrected chi connectivity index (χ1v) is 21.7. The quantitative estimate of drug-likeness (QED) is 0.0182. The zero-order chi connectivity index (χ0) is 48.9. The van der Waals surface area contributed by atoms with Gasteiger partial charge in [-0.3, -0.25) is 48.3 Å². The maximum atomic E-state index is 14.1. The second-order valence-electron chi connectivity index (χ2n) is 15.6. The van der Waals surface area contributed by atoms with Crippen LogP contribution in [0, 0.1) is 5.92 Å². The lowest BCUT2D eigenvalue weighted by Gasteiger charge is -2.27. The van der Waals surface area contributed by atoms with Crippen LogP contribution in [0.4, 0.5) is 0 Å². The van der Waals surface area contributed by atoms with E-state index in [0.29, 0.717) is 37.7 Å². The predicted molar refractivity (Wildman–Crippen MR) is 244 cm³/mol. The Morgan fingerprint density at radius 3 is 1.35 bits per heavy atom. The lowest BCUT2D eigenvalue weighted by molar-refractivity contribution is -0.141. The van der Waals surface area contributed by atoms with Gasteiger partial charge in [0.05, 0.1) is 6.42 Å². The van der Waals surface area contributed by atoms with E-state index in [0.717, 1.165) is 0 Å². The Balaban J connectivity index is 3.40. The highest BCUT2D eigenvalue weighted by atomic mass is 16.4. The zero-order valence-electron chi connectivity index (χ0n) is 37.4. The molecule has 7 amide bonds. The molecule has 65 heavy (non-hydrogen) atoms. The number of hydrogen-bond donors (Lipinski definition) is 14. The number of rotatable bonds is 33. The van der Waals surface area contributed by atoms with Gasteiger partial charge in [0.2, 0.25) is 41.4 Å². The van der Waals surface area contributed by atoms with Crippen molar-refractivity contribution in [2.24, 2.45) is 56.0 Å². The number of guanidine groups is 2. The molecule has 0 saturated heterocycles. The summed E-state index contributed by atoms with van der Waals surface area (Å²) in [6, 6.07) is 1.46. The van der Waals surface area contributed by atoms with Crippen LogP contribution in [0.5, 0.6) is 0 Å². The standard InChI is InChI=1S/C41H71N15O9/c1-24(22-32(57)58)34(60)56-31(23-26-12-4-3-5-13-26)39(65)55-29(15-7-9-19-43)37(63)54-30(17-11-21-50-41(47)48)38(64)53-28(14-6-8-18-42)36(62)51-25(2)35(61)52-27(33(44)59)16-10-20-49-40(45)46/h3-5,12-13,24-25,27-31H,6-11,14-23,42-43H2,1-2H3,(H2,44,59)(H,51,62)(H,52,61)(H,53,64)(H,54,63)(H,55,65)(H,56,60)(H,57,58)(H4,45,46,49)(H4,47,48,50)/t24-,25-,27-,28-,29-,30-,31-/m0/s1. The average Bonchev–Trinajstić information content (AvgIpc) is 3.24. The van der Waals surface area contributed by atoms with Gasteiger partial charge in [-0.1, -0.05) is 37.3 Å². The van der Waals surface area contributed by atoms with Gasteiger partial charge < -0.3 is 77.1 Å². The van der Waals surface area contributed by atoms with Gasteiger partial charge in [-0.25, -0.2) is 0 Å². The number of primary amides is 1. The molecule has 0 aliphatic rings. The minimum absolute atomic E-state index is 0.00543. The van der Waals surface area contributed by atoms with Gasteiger partial charge in [-0.2, -0.15) is 0 Å². The molecule has 0 spiro atoms. The number of nitrogens with zero attached hydrogens (tertiary/aromatic N) is 2. The molecule has 1 aromatic rings. The molecule has 0 aromatic heterocycles. The molecule has 0 heterocycles. The Bertz CT molecular complexity index is 1760. The number of hydrogen-bond acceptors (Lipinski definition) is 12. The van der Waals surface area contributed by atoms with Crippen molar-refractivity contribution in [3.8, 4) is 0 Å². The van der Waals surface area contributed by atoms with Gasteiger partial charge in [0.25, 0.3) is 0 Å². The summed E-state index contributed by atoms with van der Waals surface area (Å²) in [5.41, 5.74) is 39.2. The molecule has 0 fully saturated rings. The summed E-state index contributed by atoms with van der Waals surface area (Å²) in [6.07, 6.45) is 2.03. The van der Waals surface area contributed by atoms with Crippen molar-refractivity contribution in [2.75, 3.05) is 26.2 Å². The largest absolute Gasteiger partial charge is 0.481 e. The number of carboxylic acids is 1. The van der Waals surface area contributed by atoms with Crippen LogP contribution in [0.25, 0.3) is 0 Å². The highest BCUT2D eigenvalue weighted by Crippen LogP contribution is 2.11. The molecule has 1 rings (SSSR count). The molecule has 24 heteroatoms. The summed E-state index contributed by atoms with van der Waals surface area (Å²) in [6.45, 7) is 3.62. The minimum atomic E-state index is -1.30. The van der Waals surface area contributed by atoms with Crippen molar-refractivity contribution < 1.29 is 43.5 Å². The predicted octanol–water partition coefficient (Wildman–Crippen LogP) is -3.88. The zero-order valence-corrected chi connectivity index (χ0v) is 37.4. The molecule has 0 saturated carbocycles. The number of carbonyl (C=O) groups excluding carboxylic acids is 7. The van der Waals surface area contributed by atoms with Gasteiger partial charge in [0.1, 0.15) is 36.3 Å². The summed E-state index contributed by atoms with van der Waals surface area (Å²) >= 11 is 0. The number of carbonyl (C=O) groups is 8. The van der Waals surface area contributed by atoms with E-state index in [9.17, 15) is 43.5 Å². The summed E-state index contributed by atoms with van der Waals surface area (Å²) in [5, 5.41) is 25.0. The minimum Gasteiger partial charge on any atom is -0.481 e. The number of amides is 7. The Kier molecular flexibility index (Phi) is 27.2. The van der Waals surface area contributed by atoms with E-state index < -0.39 is 95.9 Å². The van der Waals surface area contributed by atoms with E-state index in [4.69, 9.17) is 40.1 Å². The van der Waals surface area contributed by atoms with Gasteiger partial charge >= 0.3 is 5.97 Å². The highest BCUT2D eigenvalue weighted by molar-refractivity contribution is 5.97. The highest BCUT2D eigenvalue weighted by Gasteiger charge is 2.33. The Morgan fingerprint density at radius 1 is 0.523 bits per heavy atom. The number of aliphatic imine (C=N–C) groups is 2. The van der Waals surface area contributed by atoms with Gasteiger partial charge in [-0.15, -0.1) is 0 Å². The number of unbranched alkanes of at least 4 members (excludes halogenated alkanes) is 2. The second kappa shape index (κ2) is 31.3. The monoisotopic (exact) mass is 918 g/mol. The van der Waals surface area contributed by atoms with Crippen LogP contribution in [0.1, 0.15) is 90.0 Å². The van der Waals surface area contributed by atoms with E-state index >= 15 is 0 Å². The van der Waals surface area contributed by atoms with Crippen LogP contribution in [0.15, 0.2) is 40.3 Å². The topological polar surface area (TPSA) is 436 Å². The molecule has 364 valence electrons. The smallest absolute Gasteiger partial charge is 0.304 e. The number of nitrogens with two attached hydrogens (primary N) is 7. The summed E-state index contributed by atoms with van der Waals surface area (Å²) in [4.78, 5) is 113. The normalized spacial score (nSPS) is 14.0. The van der Waals surface area contributed by atoms with E-state index in [2.05, 4.69) is 41.9 Å². The van der Waals surface area contributed by atoms with Crippen LogP contribution in [0.2, 0.25) is 0 Å². The maximum absolute atomic E-state index is 14.1. The van der Waals surface area contributed by atoms with Crippen molar-refractivity contribution >= 4 is 59.2 Å². The van der Waals surface area contributed by atoms with Crippen LogP contribution >= 0.6 is 0 Å².